The summed E-state index contributed by atoms with van der Waals surface area (Å²) in [5.41, 5.74) is -1.93. The van der Waals surface area contributed by atoms with E-state index >= 15 is 4.39 Å². The van der Waals surface area contributed by atoms with Crippen molar-refractivity contribution < 1.29 is 49.9 Å². The van der Waals surface area contributed by atoms with Gasteiger partial charge >= 0.3 is 30.2 Å². The first-order chi connectivity index (χ1) is 25.7. The molecular formula is C35H32ClF7N8O4. The number of anilines is 4. The van der Waals surface area contributed by atoms with Gasteiger partial charge in [-0.15, -0.1) is 0 Å². The summed E-state index contributed by atoms with van der Waals surface area (Å²) in [6.07, 6.45) is -7.93. The van der Waals surface area contributed by atoms with Crippen LogP contribution in [0.25, 0.3) is 0 Å². The Labute approximate surface area is 313 Å². The molecule has 1 aromatic heterocycles. The molecule has 1 saturated carbocycles. The number of nitrogens with one attached hydrogen (secondary N) is 5. The van der Waals surface area contributed by atoms with Crippen LogP contribution in [-0.2, 0) is 21.3 Å². The molecule has 0 saturated heterocycles. The van der Waals surface area contributed by atoms with Gasteiger partial charge in [-0.2, -0.15) is 41.3 Å². The Balaban J connectivity index is 1.18. The Morgan fingerprint density at radius 3 is 2.02 bits per heavy atom. The minimum absolute atomic E-state index is 0.0319. The Hall–Kier alpha value is -5.72. The molecule has 55 heavy (non-hydrogen) atoms. The lowest BCUT2D eigenvalue weighted by Gasteiger charge is -2.25. The van der Waals surface area contributed by atoms with E-state index in [4.69, 9.17) is 16.3 Å². The van der Waals surface area contributed by atoms with Crippen molar-refractivity contribution in [3.63, 3.8) is 0 Å². The third kappa shape index (κ3) is 11.4. The molecule has 0 aliphatic heterocycles. The molecule has 3 aromatic carbocycles. The quantitative estimate of drug-likeness (QED) is 0.0711. The van der Waals surface area contributed by atoms with Crippen molar-refractivity contribution in [2.75, 3.05) is 35.6 Å². The molecule has 0 unspecified atom stereocenters. The molecule has 4 aromatic rings. The zero-order valence-electron chi connectivity index (χ0n) is 28.9. The number of halogens is 8. The van der Waals surface area contributed by atoms with Gasteiger partial charge < -0.3 is 31.3 Å². The van der Waals surface area contributed by atoms with Crippen molar-refractivity contribution in [3.8, 4) is 6.01 Å². The fourth-order valence-corrected chi connectivity index (χ4v) is 5.11. The van der Waals surface area contributed by atoms with Gasteiger partial charge in [0.05, 0.1) is 16.7 Å². The second-order valence-corrected chi connectivity index (χ2v) is 13.7. The van der Waals surface area contributed by atoms with Gasteiger partial charge in [0.2, 0.25) is 11.9 Å². The minimum atomic E-state index is -4.69. The first-order valence-electron chi connectivity index (χ1n) is 16.3. The summed E-state index contributed by atoms with van der Waals surface area (Å²) in [5.74, 6) is -4.41. The van der Waals surface area contributed by atoms with Crippen LogP contribution in [0, 0.1) is 11.2 Å². The average Bonchev–Trinajstić information content (AvgIpc) is 3.88. The molecule has 1 heterocycles. The highest BCUT2D eigenvalue weighted by molar-refractivity contribution is 6.39. The van der Waals surface area contributed by atoms with Gasteiger partial charge in [-0.1, -0.05) is 37.6 Å². The van der Waals surface area contributed by atoms with Crippen LogP contribution in [0.3, 0.4) is 0 Å². The van der Waals surface area contributed by atoms with E-state index in [9.17, 15) is 40.7 Å². The zero-order valence-corrected chi connectivity index (χ0v) is 29.6. The normalized spacial score (nSPS) is 13.7. The molecule has 1 fully saturated rings. The van der Waals surface area contributed by atoms with Gasteiger partial charge in [0.25, 0.3) is 5.91 Å². The largest absolute Gasteiger partial charge is 0.454 e. The van der Waals surface area contributed by atoms with E-state index in [0.717, 1.165) is 42.0 Å². The highest BCUT2D eigenvalue weighted by Gasteiger charge is 2.45. The van der Waals surface area contributed by atoms with Crippen LogP contribution < -0.4 is 31.3 Å². The van der Waals surface area contributed by atoms with Crippen molar-refractivity contribution in [3.05, 3.63) is 94.3 Å². The lowest BCUT2D eigenvalue weighted by molar-refractivity contribution is -0.154. The molecule has 12 nitrogen and oxygen atoms in total. The maximum atomic E-state index is 15.2. The minimum Gasteiger partial charge on any atom is -0.454 e. The van der Waals surface area contributed by atoms with Crippen molar-refractivity contribution in [1.29, 1.82) is 0 Å². The Morgan fingerprint density at radius 2 is 1.42 bits per heavy atom. The maximum Gasteiger partial charge on any atom is 0.422 e. The molecule has 0 radical (unpaired) electrons. The maximum absolute atomic E-state index is 15.2. The molecule has 0 spiro atoms. The summed E-state index contributed by atoms with van der Waals surface area (Å²) in [6, 6.07) is 13.2. The van der Waals surface area contributed by atoms with Crippen molar-refractivity contribution in [2.45, 2.75) is 44.6 Å². The smallest absolute Gasteiger partial charge is 0.422 e. The van der Waals surface area contributed by atoms with E-state index < -0.39 is 65.0 Å². The van der Waals surface area contributed by atoms with Gasteiger partial charge in [0.1, 0.15) is 5.82 Å². The number of hydrogen-bond acceptors (Lipinski definition) is 9. The second kappa shape index (κ2) is 15.9. The number of aromatic nitrogens is 3. The number of rotatable bonds is 13. The summed E-state index contributed by atoms with van der Waals surface area (Å²) in [5, 5.41) is 13.4. The van der Waals surface area contributed by atoms with Gasteiger partial charge in [-0.05, 0) is 78.4 Å². The van der Waals surface area contributed by atoms with Gasteiger partial charge in [-0.3, -0.25) is 14.4 Å². The Morgan fingerprint density at radius 1 is 0.800 bits per heavy atom. The molecule has 1 aliphatic rings. The average molecular weight is 797 g/mol. The molecule has 0 atom stereocenters. The first kappa shape index (κ1) is 40.5. The van der Waals surface area contributed by atoms with Crippen molar-refractivity contribution in [2.24, 2.45) is 5.41 Å². The van der Waals surface area contributed by atoms with Crippen LogP contribution in [0.2, 0.25) is 5.02 Å². The predicted octanol–water partition coefficient (Wildman–Crippen LogP) is 6.98. The summed E-state index contributed by atoms with van der Waals surface area (Å²) in [6.45, 7) is 1.37. The van der Waals surface area contributed by atoms with Gasteiger partial charge in [0.15, 0.2) is 6.61 Å². The highest BCUT2D eigenvalue weighted by atomic mass is 35.5. The number of ether oxygens (including phenoxy) is 1. The number of benzene rings is 3. The molecular weight excluding hydrogens is 765 g/mol. The van der Waals surface area contributed by atoms with Crippen LogP contribution in [0.5, 0.6) is 6.01 Å². The van der Waals surface area contributed by atoms with Crippen LogP contribution in [0.1, 0.15) is 48.2 Å². The van der Waals surface area contributed by atoms with Gasteiger partial charge in [0, 0.05) is 29.5 Å². The SMILES string of the molecule is CC(C)(CNC(=O)C(=O)Nc1ccc(C(F)(F)F)cc1)CNC(=O)c1ccc(Nc2nc(NC3(c4ccc(Cl)cc4)CC3)nc(OCC(F)(F)F)n2)cc1F. The number of nitrogens with zero attached hydrogens (tertiary/aromatic N) is 3. The third-order valence-electron chi connectivity index (χ3n) is 8.08. The van der Waals surface area contributed by atoms with Crippen LogP contribution in [0.4, 0.5) is 54.0 Å². The zero-order chi connectivity index (χ0) is 40.2. The van der Waals surface area contributed by atoms with E-state index in [1.54, 1.807) is 38.1 Å². The third-order valence-corrected chi connectivity index (χ3v) is 8.33. The van der Waals surface area contributed by atoms with Crippen molar-refractivity contribution >= 4 is 52.6 Å². The number of carbonyl (C=O) groups excluding carboxylic acids is 3. The molecule has 1 aliphatic carbocycles. The summed E-state index contributed by atoms with van der Waals surface area (Å²) < 4.78 is 97.0. The second-order valence-electron chi connectivity index (χ2n) is 13.3. The summed E-state index contributed by atoms with van der Waals surface area (Å²) >= 11 is 6.00. The number of amides is 3. The van der Waals surface area contributed by atoms with Crippen molar-refractivity contribution in [1.82, 2.24) is 25.6 Å². The summed E-state index contributed by atoms with van der Waals surface area (Å²) in [4.78, 5) is 49.5. The molecule has 5 rings (SSSR count). The lowest BCUT2D eigenvalue weighted by Crippen LogP contribution is -2.45. The Bertz CT molecular complexity index is 2040. The lowest BCUT2D eigenvalue weighted by atomic mass is 9.93. The van der Waals surface area contributed by atoms with E-state index in [-0.39, 0.29) is 41.9 Å². The molecule has 20 heteroatoms. The topological polar surface area (TPSA) is 159 Å². The van der Waals surface area contributed by atoms with E-state index in [1.165, 1.54) is 6.07 Å². The first-order valence-corrected chi connectivity index (χ1v) is 16.7. The number of carbonyl (C=O) groups is 3. The predicted molar refractivity (Wildman–Crippen MR) is 186 cm³/mol. The van der Waals surface area contributed by atoms with E-state index in [0.29, 0.717) is 17.9 Å². The fourth-order valence-electron chi connectivity index (χ4n) is 4.99. The van der Waals surface area contributed by atoms with Crippen LogP contribution >= 0.6 is 11.6 Å². The molecule has 292 valence electrons. The number of hydrogen-bond donors (Lipinski definition) is 5. The van der Waals surface area contributed by atoms with E-state index in [2.05, 4.69) is 41.5 Å². The fraction of sp³-hybridized carbons (Fsp3) is 0.314. The van der Waals surface area contributed by atoms with Crippen LogP contribution in [0.15, 0.2) is 66.7 Å². The number of alkyl halides is 6. The summed E-state index contributed by atoms with van der Waals surface area (Å²) in [7, 11) is 0. The van der Waals surface area contributed by atoms with Gasteiger partial charge in [-0.25, -0.2) is 4.39 Å². The molecule has 3 amide bonds. The van der Waals surface area contributed by atoms with E-state index in [1.807, 2.05) is 0 Å². The van der Waals surface area contributed by atoms with Crippen LogP contribution in [-0.4, -0.2) is 58.5 Å². The monoisotopic (exact) mass is 796 g/mol. The highest BCUT2D eigenvalue weighted by Crippen LogP contribution is 2.48. The Kier molecular flexibility index (Phi) is 11.7. The molecule has 5 N–H and O–H groups in total. The molecule has 0 bridgehead atoms. The standard InChI is InChI=1S/C35H32ClF7N8O4/c1-32(2,17-45-27(53)28(54)46-22-9-5-20(6-10-22)35(41,42)43)16-44-26(52)24-12-11-23(15-25(24)37)47-29-48-30(50-31(49-29)55-18-34(38,39)40)51-33(13-14-33)19-3-7-21(36)8-4-19/h3-12,15H,13-14,16-18H2,1-2H3,(H,44,52)(H,45,53)(H,46,54)(H2,47,48,49,50,51).